The van der Waals surface area contributed by atoms with Crippen LogP contribution in [0.25, 0.3) is 0 Å². The van der Waals surface area contributed by atoms with Gasteiger partial charge in [0.25, 0.3) is 0 Å². The molecule has 2 atom stereocenters. The maximum absolute atomic E-state index is 12.6. The van der Waals surface area contributed by atoms with Gasteiger partial charge in [0.2, 0.25) is 5.91 Å². The SMILES string of the molecule is N#CCN(Cc1ccccc1)C(=O)C1CCCCC1N. The predicted octanol–water partition coefficient (Wildman–Crippen LogP) is 2.06. The van der Waals surface area contributed by atoms with Crippen LogP contribution in [-0.4, -0.2) is 23.4 Å². The van der Waals surface area contributed by atoms with Crippen molar-refractivity contribution in [3.8, 4) is 6.07 Å². The lowest BCUT2D eigenvalue weighted by molar-refractivity contribution is -0.137. The third-order valence-electron chi connectivity index (χ3n) is 3.93. The van der Waals surface area contributed by atoms with Gasteiger partial charge in [-0.1, -0.05) is 43.2 Å². The molecular weight excluding hydrogens is 250 g/mol. The Bertz CT molecular complexity index is 480. The maximum atomic E-state index is 12.6. The minimum Gasteiger partial charge on any atom is -0.327 e. The Morgan fingerprint density at radius 1 is 1.30 bits per heavy atom. The van der Waals surface area contributed by atoms with Gasteiger partial charge in [-0.3, -0.25) is 4.79 Å². The summed E-state index contributed by atoms with van der Waals surface area (Å²) < 4.78 is 0. The third kappa shape index (κ3) is 3.58. The number of benzene rings is 1. The summed E-state index contributed by atoms with van der Waals surface area (Å²) in [6.45, 7) is 0.605. The van der Waals surface area contributed by atoms with Gasteiger partial charge in [0.15, 0.2) is 0 Å². The summed E-state index contributed by atoms with van der Waals surface area (Å²) in [4.78, 5) is 14.2. The molecule has 1 amide bonds. The topological polar surface area (TPSA) is 70.1 Å². The highest BCUT2D eigenvalue weighted by Gasteiger charge is 2.31. The van der Waals surface area contributed by atoms with E-state index in [9.17, 15) is 4.79 Å². The largest absolute Gasteiger partial charge is 0.327 e. The average molecular weight is 271 g/mol. The second-order valence-corrected chi connectivity index (χ2v) is 5.39. The van der Waals surface area contributed by atoms with Crippen molar-refractivity contribution in [1.29, 1.82) is 5.26 Å². The molecule has 0 radical (unpaired) electrons. The number of rotatable bonds is 4. The lowest BCUT2D eigenvalue weighted by atomic mass is 9.84. The second-order valence-electron chi connectivity index (χ2n) is 5.39. The summed E-state index contributed by atoms with van der Waals surface area (Å²) in [7, 11) is 0. The molecule has 106 valence electrons. The van der Waals surface area contributed by atoms with Crippen molar-refractivity contribution in [2.24, 2.45) is 11.7 Å². The Morgan fingerprint density at radius 2 is 2.00 bits per heavy atom. The molecule has 1 aliphatic carbocycles. The van der Waals surface area contributed by atoms with E-state index >= 15 is 0 Å². The van der Waals surface area contributed by atoms with E-state index in [2.05, 4.69) is 6.07 Å². The Balaban J connectivity index is 2.07. The maximum Gasteiger partial charge on any atom is 0.228 e. The third-order valence-corrected chi connectivity index (χ3v) is 3.93. The van der Waals surface area contributed by atoms with E-state index in [0.29, 0.717) is 6.54 Å². The van der Waals surface area contributed by atoms with Crippen molar-refractivity contribution in [3.63, 3.8) is 0 Å². The summed E-state index contributed by atoms with van der Waals surface area (Å²) in [5.74, 6) is -0.0941. The highest BCUT2D eigenvalue weighted by molar-refractivity contribution is 5.80. The number of hydrogen-bond donors (Lipinski definition) is 1. The summed E-state index contributed by atoms with van der Waals surface area (Å²) in [6.07, 6.45) is 3.90. The minimum absolute atomic E-state index is 0.0302. The molecule has 0 spiro atoms. The van der Waals surface area contributed by atoms with Crippen molar-refractivity contribution >= 4 is 5.91 Å². The predicted molar refractivity (Wildman–Crippen MR) is 77.4 cm³/mol. The average Bonchev–Trinajstić information content (AvgIpc) is 2.48. The Hall–Kier alpha value is -1.86. The Kier molecular flexibility index (Phi) is 5.14. The number of hydrogen-bond acceptors (Lipinski definition) is 3. The molecule has 2 unspecified atom stereocenters. The molecule has 0 saturated heterocycles. The van der Waals surface area contributed by atoms with Gasteiger partial charge in [0.1, 0.15) is 6.54 Å². The van der Waals surface area contributed by atoms with E-state index in [1.807, 2.05) is 30.3 Å². The van der Waals surface area contributed by atoms with Gasteiger partial charge in [-0.25, -0.2) is 0 Å². The van der Waals surface area contributed by atoms with Crippen molar-refractivity contribution in [2.75, 3.05) is 6.54 Å². The van der Waals surface area contributed by atoms with Crippen LogP contribution in [0.4, 0.5) is 0 Å². The number of nitrogens with two attached hydrogens (primary N) is 1. The van der Waals surface area contributed by atoms with E-state index < -0.39 is 0 Å². The van der Waals surface area contributed by atoms with Crippen LogP contribution in [0.5, 0.6) is 0 Å². The molecule has 20 heavy (non-hydrogen) atoms. The van der Waals surface area contributed by atoms with E-state index in [4.69, 9.17) is 11.0 Å². The molecule has 1 saturated carbocycles. The number of amides is 1. The van der Waals surface area contributed by atoms with Crippen LogP contribution in [0, 0.1) is 17.2 Å². The summed E-state index contributed by atoms with van der Waals surface area (Å²) >= 11 is 0. The fourth-order valence-electron chi connectivity index (χ4n) is 2.80. The zero-order chi connectivity index (χ0) is 14.4. The smallest absolute Gasteiger partial charge is 0.228 e. The standard InChI is InChI=1S/C16H21N3O/c17-10-11-19(12-13-6-2-1-3-7-13)16(20)14-8-4-5-9-15(14)18/h1-3,6-7,14-15H,4-5,8-9,11-12,18H2. The van der Waals surface area contributed by atoms with Crippen LogP contribution in [0.3, 0.4) is 0 Å². The van der Waals surface area contributed by atoms with E-state index in [1.54, 1.807) is 4.90 Å². The first-order valence-electron chi connectivity index (χ1n) is 7.17. The van der Waals surface area contributed by atoms with Crippen molar-refractivity contribution in [1.82, 2.24) is 4.90 Å². The van der Waals surface area contributed by atoms with Crippen molar-refractivity contribution < 1.29 is 4.79 Å². The second kappa shape index (κ2) is 7.06. The molecule has 2 rings (SSSR count). The number of nitrogens with zero attached hydrogens (tertiary/aromatic N) is 2. The van der Waals surface area contributed by atoms with Gasteiger partial charge in [-0.05, 0) is 18.4 Å². The number of nitriles is 1. The van der Waals surface area contributed by atoms with Crippen LogP contribution in [0.1, 0.15) is 31.2 Å². The van der Waals surface area contributed by atoms with Gasteiger partial charge in [0, 0.05) is 12.6 Å². The van der Waals surface area contributed by atoms with Gasteiger partial charge in [0.05, 0.1) is 12.0 Å². The quantitative estimate of drug-likeness (QED) is 0.852. The molecule has 4 nitrogen and oxygen atoms in total. The zero-order valence-electron chi connectivity index (χ0n) is 11.7. The van der Waals surface area contributed by atoms with Gasteiger partial charge < -0.3 is 10.6 Å². The molecule has 0 aromatic heterocycles. The summed E-state index contributed by atoms with van der Waals surface area (Å²) in [5.41, 5.74) is 7.12. The highest BCUT2D eigenvalue weighted by atomic mass is 16.2. The molecule has 0 heterocycles. The molecule has 1 aliphatic rings. The van der Waals surface area contributed by atoms with Crippen LogP contribution >= 0.6 is 0 Å². The first-order chi connectivity index (χ1) is 9.72. The Labute approximate surface area is 120 Å². The Morgan fingerprint density at radius 3 is 2.65 bits per heavy atom. The number of carbonyl (C=O) groups is 1. The molecule has 0 aliphatic heterocycles. The first kappa shape index (κ1) is 14.5. The molecule has 1 aromatic rings. The van der Waals surface area contributed by atoms with Crippen LogP contribution in [-0.2, 0) is 11.3 Å². The van der Waals surface area contributed by atoms with Crippen molar-refractivity contribution in [2.45, 2.75) is 38.3 Å². The van der Waals surface area contributed by atoms with Crippen LogP contribution in [0.2, 0.25) is 0 Å². The van der Waals surface area contributed by atoms with Crippen LogP contribution in [0.15, 0.2) is 30.3 Å². The summed E-state index contributed by atoms with van der Waals surface area (Å²) in [6, 6.07) is 11.8. The van der Waals surface area contributed by atoms with E-state index in [-0.39, 0.29) is 24.4 Å². The number of carbonyl (C=O) groups excluding carboxylic acids is 1. The molecule has 2 N–H and O–H groups in total. The van der Waals surface area contributed by atoms with Gasteiger partial charge in [-0.15, -0.1) is 0 Å². The first-order valence-corrected chi connectivity index (χ1v) is 7.17. The lowest BCUT2D eigenvalue weighted by Crippen LogP contribution is -2.45. The highest BCUT2D eigenvalue weighted by Crippen LogP contribution is 2.25. The van der Waals surface area contributed by atoms with Gasteiger partial charge >= 0.3 is 0 Å². The zero-order valence-corrected chi connectivity index (χ0v) is 11.7. The summed E-state index contributed by atoms with van der Waals surface area (Å²) in [5, 5.41) is 8.95. The molecular formula is C16H21N3O. The molecule has 1 fully saturated rings. The molecule has 0 bridgehead atoms. The normalized spacial score (nSPS) is 22.0. The van der Waals surface area contributed by atoms with E-state index in [0.717, 1.165) is 31.2 Å². The monoisotopic (exact) mass is 271 g/mol. The molecule has 1 aromatic carbocycles. The molecule has 4 heteroatoms. The van der Waals surface area contributed by atoms with Crippen LogP contribution < -0.4 is 5.73 Å². The lowest BCUT2D eigenvalue weighted by Gasteiger charge is -2.32. The fraction of sp³-hybridized carbons (Fsp3) is 0.500. The fourth-order valence-corrected chi connectivity index (χ4v) is 2.80. The van der Waals surface area contributed by atoms with Gasteiger partial charge in [-0.2, -0.15) is 5.26 Å². The van der Waals surface area contributed by atoms with E-state index in [1.165, 1.54) is 0 Å². The van der Waals surface area contributed by atoms with Crippen molar-refractivity contribution in [3.05, 3.63) is 35.9 Å². The minimum atomic E-state index is -0.124.